The zero-order chi connectivity index (χ0) is 29.8. The zero-order valence-electron chi connectivity index (χ0n) is 22.8. The second-order valence-electron chi connectivity index (χ2n) is 9.82. The molecular weight excluding hydrogens is 536 g/mol. The Labute approximate surface area is 237 Å². The fourth-order valence-electron chi connectivity index (χ4n) is 3.88. The molecule has 0 bridgehead atoms. The van der Waals surface area contributed by atoms with E-state index in [1.165, 1.54) is 36.0 Å². The lowest BCUT2D eigenvalue weighted by atomic mass is 9.99. The standard InChI is InChI=1S/C28H38N4O7S/c1-16(2)24(32-25(35)21(29)14-17-4-8-19(33)9-5-17)27(37)31-23(15-18-6-10-20(34)11-7-18)26(36)30-22(28(38)39)12-13-40-3/h4-11,16,21-24,33-34H,12-15,29H2,1-3H3,(H,30,36)(H,31,37)(H,32,35)(H,38,39). The number of aliphatic carboxylic acids is 1. The number of carboxylic acid groups (broad SMARTS) is 1. The molecule has 0 saturated carbocycles. The number of aromatic hydroxyl groups is 2. The number of phenols is 2. The molecule has 3 amide bonds. The molecule has 0 radical (unpaired) electrons. The van der Waals surface area contributed by atoms with Crippen LogP contribution in [0.25, 0.3) is 0 Å². The number of thioether (sulfide) groups is 1. The summed E-state index contributed by atoms with van der Waals surface area (Å²) in [6, 6.07) is 8.03. The molecule has 218 valence electrons. The summed E-state index contributed by atoms with van der Waals surface area (Å²) in [5.74, 6) is -2.81. The Morgan fingerprint density at radius 3 is 1.75 bits per heavy atom. The summed E-state index contributed by atoms with van der Waals surface area (Å²) in [4.78, 5) is 51.1. The topological polar surface area (TPSA) is 191 Å². The smallest absolute Gasteiger partial charge is 0.326 e. The van der Waals surface area contributed by atoms with E-state index in [4.69, 9.17) is 5.73 Å². The first-order valence-corrected chi connectivity index (χ1v) is 14.2. The number of carbonyl (C=O) groups excluding carboxylic acids is 3. The average Bonchev–Trinajstić information content (AvgIpc) is 2.90. The second kappa shape index (κ2) is 15.7. The van der Waals surface area contributed by atoms with E-state index in [0.717, 1.165) is 5.56 Å². The Morgan fingerprint density at radius 2 is 1.27 bits per heavy atom. The Kier molecular flexibility index (Phi) is 12.8. The van der Waals surface area contributed by atoms with Gasteiger partial charge in [0, 0.05) is 6.42 Å². The number of amides is 3. The maximum atomic E-state index is 13.4. The Hall–Kier alpha value is -3.77. The number of hydrogen-bond donors (Lipinski definition) is 7. The van der Waals surface area contributed by atoms with Crippen molar-refractivity contribution >= 4 is 35.5 Å². The number of rotatable bonds is 15. The van der Waals surface area contributed by atoms with E-state index >= 15 is 0 Å². The van der Waals surface area contributed by atoms with Crippen molar-refractivity contribution in [3.63, 3.8) is 0 Å². The first-order chi connectivity index (χ1) is 18.9. The van der Waals surface area contributed by atoms with Crippen LogP contribution in [0.15, 0.2) is 48.5 Å². The lowest BCUT2D eigenvalue weighted by molar-refractivity contribution is -0.142. The second-order valence-corrected chi connectivity index (χ2v) is 10.8. The average molecular weight is 575 g/mol. The van der Waals surface area contributed by atoms with Crippen molar-refractivity contribution in [2.75, 3.05) is 12.0 Å². The number of nitrogens with two attached hydrogens (primary N) is 1. The molecule has 2 rings (SSSR count). The molecule has 0 aliphatic heterocycles. The Bertz CT molecular complexity index is 1140. The van der Waals surface area contributed by atoms with E-state index in [2.05, 4.69) is 16.0 Å². The van der Waals surface area contributed by atoms with Gasteiger partial charge in [-0.15, -0.1) is 0 Å². The molecule has 12 heteroatoms. The fourth-order valence-corrected chi connectivity index (χ4v) is 4.35. The van der Waals surface area contributed by atoms with Gasteiger partial charge in [-0.05, 0) is 66.2 Å². The molecule has 0 fully saturated rings. The van der Waals surface area contributed by atoms with Crippen molar-refractivity contribution in [1.29, 1.82) is 0 Å². The SMILES string of the molecule is CSCCC(NC(=O)C(Cc1ccc(O)cc1)NC(=O)C(NC(=O)C(N)Cc1ccc(O)cc1)C(C)C)C(=O)O. The summed E-state index contributed by atoms with van der Waals surface area (Å²) in [7, 11) is 0. The van der Waals surface area contributed by atoms with Crippen LogP contribution >= 0.6 is 11.8 Å². The van der Waals surface area contributed by atoms with Crippen LogP contribution in [0.1, 0.15) is 31.4 Å². The van der Waals surface area contributed by atoms with Crippen LogP contribution in [0.4, 0.5) is 0 Å². The van der Waals surface area contributed by atoms with E-state index in [0.29, 0.717) is 11.3 Å². The van der Waals surface area contributed by atoms with Crippen LogP contribution in [0.5, 0.6) is 11.5 Å². The molecule has 4 unspecified atom stereocenters. The van der Waals surface area contributed by atoms with Crippen LogP contribution in [0, 0.1) is 5.92 Å². The summed E-state index contributed by atoms with van der Waals surface area (Å²) in [6.45, 7) is 3.46. The summed E-state index contributed by atoms with van der Waals surface area (Å²) >= 11 is 1.44. The molecule has 4 atom stereocenters. The Balaban J connectivity index is 2.18. The van der Waals surface area contributed by atoms with Gasteiger partial charge in [0.1, 0.15) is 29.6 Å². The van der Waals surface area contributed by atoms with Gasteiger partial charge in [0.05, 0.1) is 6.04 Å². The summed E-state index contributed by atoms with van der Waals surface area (Å²) < 4.78 is 0. The fraction of sp³-hybridized carbons (Fsp3) is 0.429. The van der Waals surface area contributed by atoms with Crippen LogP contribution in [-0.2, 0) is 32.0 Å². The summed E-state index contributed by atoms with van der Waals surface area (Å²) in [5.41, 5.74) is 7.42. The number of carbonyl (C=O) groups is 4. The quantitative estimate of drug-likeness (QED) is 0.164. The van der Waals surface area contributed by atoms with Gasteiger partial charge in [0.15, 0.2) is 0 Å². The molecule has 2 aromatic rings. The molecule has 8 N–H and O–H groups in total. The third-order valence-electron chi connectivity index (χ3n) is 6.21. The van der Waals surface area contributed by atoms with Crippen molar-refractivity contribution in [1.82, 2.24) is 16.0 Å². The minimum Gasteiger partial charge on any atom is -0.508 e. The summed E-state index contributed by atoms with van der Waals surface area (Å²) in [6.07, 6.45) is 2.22. The number of phenolic OH excluding ortho intramolecular Hbond substituents is 2. The van der Waals surface area contributed by atoms with Crippen molar-refractivity contribution in [2.24, 2.45) is 11.7 Å². The number of nitrogens with one attached hydrogen (secondary N) is 3. The highest BCUT2D eigenvalue weighted by Gasteiger charge is 2.32. The van der Waals surface area contributed by atoms with Gasteiger partial charge < -0.3 is 37.0 Å². The molecular formula is C28H38N4O7S. The minimum atomic E-state index is -1.19. The van der Waals surface area contributed by atoms with Crippen LogP contribution in [0.2, 0.25) is 0 Å². The molecule has 0 aliphatic rings. The lowest BCUT2D eigenvalue weighted by Crippen LogP contribution is -2.59. The largest absolute Gasteiger partial charge is 0.508 e. The highest BCUT2D eigenvalue weighted by Crippen LogP contribution is 2.14. The normalized spacial score (nSPS) is 14.0. The van der Waals surface area contributed by atoms with Gasteiger partial charge in [-0.1, -0.05) is 38.1 Å². The first kappa shape index (κ1) is 32.4. The third-order valence-corrected chi connectivity index (χ3v) is 6.85. The van der Waals surface area contributed by atoms with Gasteiger partial charge in [-0.3, -0.25) is 14.4 Å². The zero-order valence-corrected chi connectivity index (χ0v) is 23.6. The molecule has 0 aromatic heterocycles. The lowest BCUT2D eigenvalue weighted by Gasteiger charge is -2.27. The molecule has 11 nitrogen and oxygen atoms in total. The van der Waals surface area contributed by atoms with Crippen molar-refractivity contribution < 1.29 is 34.5 Å². The van der Waals surface area contributed by atoms with Gasteiger partial charge in [-0.2, -0.15) is 11.8 Å². The predicted octanol–water partition coefficient (Wildman–Crippen LogP) is 1.16. The minimum absolute atomic E-state index is 0.0197. The molecule has 0 spiro atoms. The van der Waals surface area contributed by atoms with E-state index in [1.54, 1.807) is 38.1 Å². The van der Waals surface area contributed by atoms with Gasteiger partial charge in [-0.25, -0.2) is 4.79 Å². The molecule has 2 aromatic carbocycles. The van der Waals surface area contributed by atoms with E-state index in [9.17, 15) is 34.5 Å². The highest BCUT2D eigenvalue weighted by molar-refractivity contribution is 7.98. The summed E-state index contributed by atoms with van der Waals surface area (Å²) in [5, 5.41) is 36.4. The van der Waals surface area contributed by atoms with Crippen LogP contribution in [0.3, 0.4) is 0 Å². The van der Waals surface area contributed by atoms with E-state index < -0.39 is 47.9 Å². The van der Waals surface area contributed by atoms with Gasteiger partial charge >= 0.3 is 5.97 Å². The maximum absolute atomic E-state index is 13.4. The van der Waals surface area contributed by atoms with E-state index in [-0.39, 0.29) is 36.7 Å². The highest BCUT2D eigenvalue weighted by atomic mass is 32.2. The van der Waals surface area contributed by atoms with E-state index in [1.807, 2.05) is 6.26 Å². The number of benzene rings is 2. The van der Waals surface area contributed by atoms with Gasteiger partial charge in [0.2, 0.25) is 17.7 Å². The molecule has 0 heterocycles. The van der Waals surface area contributed by atoms with Crippen molar-refractivity contribution in [2.45, 2.75) is 57.3 Å². The molecule has 0 aliphatic carbocycles. The third kappa shape index (κ3) is 10.4. The first-order valence-electron chi connectivity index (χ1n) is 12.9. The van der Waals surface area contributed by atoms with Crippen molar-refractivity contribution in [3.8, 4) is 11.5 Å². The van der Waals surface area contributed by atoms with Crippen molar-refractivity contribution in [3.05, 3.63) is 59.7 Å². The van der Waals surface area contributed by atoms with Gasteiger partial charge in [0.25, 0.3) is 0 Å². The molecule has 40 heavy (non-hydrogen) atoms. The maximum Gasteiger partial charge on any atom is 0.326 e. The number of hydrogen-bond acceptors (Lipinski definition) is 8. The van der Waals surface area contributed by atoms with Crippen LogP contribution in [-0.4, -0.2) is 75.2 Å². The van der Waals surface area contributed by atoms with Crippen LogP contribution < -0.4 is 21.7 Å². The Morgan fingerprint density at radius 1 is 0.775 bits per heavy atom. The number of carboxylic acids is 1. The predicted molar refractivity (Wildman–Crippen MR) is 153 cm³/mol. The monoisotopic (exact) mass is 574 g/mol. The molecule has 0 saturated heterocycles.